The third kappa shape index (κ3) is 2.81. The molecule has 0 bridgehead atoms. The van der Waals surface area contributed by atoms with Gasteiger partial charge in [-0.15, -0.1) is 0 Å². The summed E-state index contributed by atoms with van der Waals surface area (Å²) >= 11 is 0. The molecule has 0 spiro atoms. The van der Waals surface area contributed by atoms with Gasteiger partial charge in [-0.2, -0.15) is 0 Å². The van der Waals surface area contributed by atoms with E-state index in [9.17, 15) is 5.11 Å². The van der Waals surface area contributed by atoms with Crippen LogP contribution in [-0.4, -0.2) is 17.3 Å². The molecule has 2 fully saturated rings. The maximum atomic E-state index is 10.5. The molecule has 2 nitrogen and oxygen atoms in total. The second kappa shape index (κ2) is 6.30. The number of aryl methyl sites for hydroxylation is 1. The van der Waals surface area contributed by atoms with Gasteiger partial charge in [0.25, 0.3) is 0 Å². The summed E-state index contributed by atoms with van der Waals surface area (Å²) in [7, 11) is 0. The Labute approximate surface area is 153 Å². The van der Waals surface area contributed by atoms with Crippen LogP contribution in [0, 0.1) is 23.2 Å². The van der Waals surface area contributed by atoms with Crippen molar-refractivity contribution in [2.24, 2.45) is 23.2 Å². The fraction of sp³-hybridized carbons (Fsp3) is 0.739. The molecule has 4 rings (SSSR count). The highest BCUT2D eigenvalue weighted by atomic mass is 16.5. The second-order valence-corrected chi connectivity index (χ2v) is 9.48. The Hall–Kier alpha value is -1.02. The Morgan fingerprint density at radius 1 is 1.12 bits per heavy atom. The zero-order chi connectivity index (χ0) is 17.8. The number of hydrogen-bond donors (Lipinski definition) is 1. The predicted molar refractivity (Wildman–Crippen MR) is 102 cm³/mol. The third-order valence-corrected chi connectivity index (χ3v) is 7.91. The van der Waals surface area contributed by atoms with Crippen molar-refractivity contribution < 1.29 is 9.84 Å². The normalized spacial score (nSPS) is 38.0. The van der Waals surface area contributed by atoms with Gasteiger partial charge in [-0.25, -0.2) is 0 Å². The van der Waals surface area contributed by atoms with E-state index in [4.69, 9.17) is 4.74 Å². The van der Waals surface area contributed by atoms with Crippen molar-refractivity contribution in [1.29, 1.82) is 0 Å². The summed E-state index contributed by atoms with van der Waals surface area (Å²) in [5.74, 6) is 3.75. The number of aliphatic hydroxyl groups is 1. The van der Waals surface area contributed by atoms with Crippen LogP contribution in [0.4, 0.5) is 0 Å². The van der Waals surface area contributed by atoms with Gasteiger partial charge in [0.05, 0.1) is 12.2 Å². The average Bonchev–Trinajstić information content (AvgIpc) is 2.89. The molecule has 0 aliphatic heterocycles. The summed E-state index contributed by atoms with van der Waals surface area (Å²) < 4.78 is 6.14. The van der Waals surface area contributed by atoms with E-state index in [-0.39, 0.29) is 17.6 Å². The maximum absolute atomic E-state index is 10.5. The molecule has 1 N–H and O–H groups in total. The molecule has 0 aromatic heterocycles. The van der Waals surface area contributed by atoms with Crippen molar-refractivity contribution in [2.75, 3.05) is 0 Å². The monoisotopic (exact) mass is 342 g/mol. The fourth-order valence-electron chi connectivity index (χ4n) is 5.96. The van der Waals surface area contributed by atoms with E-state index in [0.717, 1.165) is 18.1 Å². The number of fused-ring (bicyclic) bond motifs is 5. The maximum Gasteiger partial charge on any atom is 0.120 e. The molecule has 0 saturated heterocycles. The molecular weight excluding hydrogens is 308 g/mol. The summed E-state index contributed by atoms with van der Waals surface area (Å²) in [4.78, 5) is 0. The summed E-state index contributed by atoms with van der Waals surface area (Å²) in [6.45, 7) is 8.93. The van der Waals surface area contributed by atoms with Gasteiger partial charge in [-0.05, 0) is 97.8 Å². The van der Waals surface area contributed by atoms with Crippen LogP contribution in [0.2, 0.25) is 0 Å². The van der Waals surface area contributed by atoms with Crippen LogP contribution in [0.5, 0.6) is 5.75 Å². The van der Waals surface area contributed by atoms with E-state index in [1.165, 1.54) is 37.7 Å². The minimum absolute atomic E-state index is 0.0758. The zero-order valence-corrected chi connectivity index (χ0v) is 16.3. The van der Waals surface area contributed by atoms with Crippen LogP contribution in [0.1, 0.15) is 76.8 Å². The molecule has 0 heterocycles. The molecule has 1 unspecified atom stereocenters. The van der Waals surface area contributed by atoms with E-state index < -0.39 is 0 Å². The standard InChI is InChI=1S/C23H34O2/c1-14(2)15(3)25-17-6-8-18-16(13-17)5-7-20-19(18)11-12-23(4)21(20)9-10-22(23)24/h6,8,13-15,19-22,24H,5,7,9-12H2,1-4H3/t15?,19-,20-,21+,22+,23+/m1/s1. The van der Waals surface area contributed by atoms with Gasteiger partial charge in [0.1, 0.15) is 5.75 Å². The van der Waals surface area contributed by atoms with Crippen molar-refractivity contribution in [1.82, 2.24) is 0 Å². The van der Waals surface area contributed by atoms with Crippen LogP contribution in [0.25, 0.3) is 0 Å². The highest BCUT2D eigenvalue weighted by molar-refractivity contribution is 5.40. The molecule has 138 valence electrons. The lowest BCUT2D eigenvalue weighted by molar-refractivity contribution is -0.0226. The Balaban J connectivity index is 1.57. The fourth-order valence-corrected chi connectivity index (χ4v) is 5.96. The van der Waals surface area contributed by atoms with Gasteiger partial charge in [-0.1, -0.05) is 26.8 Å². The van der Waals surface area contributed by atoms with E-state index in [1.54, 1.807) is 5.56 Å². The lowest BCUT2D eigenvalue weighted by Crippen LogP contribution is -2.43. The van der Waals surface area contributed by atoms with Crippen LogP contribution in [0.3, 0.4) is 0 Å². The number of rotatable bonds is 3. The van der Waals surface area contributed by atoms with E-state index in [2.05, 4.69) is 45.9 Å². The molecule has 0 radical (unpaired) electrons. The topological polar surface area (TPSA) is 29.5 Å². The molecule has 6 atom stereocenters. The molecule has 3 aliphatic rings. The molecule has 2 saturated carbocycles. The number of aliphatic hydroxyl groups excluding tert-OH is 1. The SMILES string of the molecule is CC(C)C(C)Oc1ccc2c(c1)CC[C@@H]1[C@@H]2CC[C@]2(C)[C@@H](O)CC[C@@H]12. The Morgan fingerprint density at radius 3 is 2.68 bits per heavy atom. The first kappa shape index (κ1) is 17.4. The summed E-state index contributed by atoms with van der Waals surface area (Å²) in [5, 5.41) is 10.5. The lowest BCUT2D eigenvalue weighted by atomic mass is 9.55. The minimum Gasteiger partial charge on any atom is -0.490 e. The highest BCUT2D eigenvalue weighted by Gasteiger charge is 2.54. The lowest BCUT2D eigenvalue weighted by Gasteiger charge is -2.50. The van der Waals surface area contributed by atoms with Crippen LogP contribution < -0.4 is 4.74 Å². The molecule has 1 aromatic carbocycles. The predicted octanol–water partition coefficient (Wildman–Crippen LogP) is 5.33. The molecule has 2 heteroatoms. The minimum atomic E-state index is -0.0758. The van der Waals surface area contributed by atoms with Gasteiger partial charge in [0.15, 0.2) is 0 Å². The van der Waals surface area contributed by atoms with Crippen LogP contribution in [0.15, 0.2) is 18.2 Å². The third-order valence-electron chi connectivity index (χ3n) is 7.91. The smallest absolute Gasteiger partial charge is 0.120 e. The molecule has 3 aliphatic carbocycles. The van der Waals surface area contributed by atoms with Crippen LogP contribution >= 0.6 is 0 Å². The Bertz CT molecular complexity index is 637. The van der Waals surface area contributed by atoms with E-state index >= 15 is 0 Å². The largest absolute Gasteiger partial charge is 0.490 e. The van der Waals surface area contributed by atoms with Gasteiger partial charge in [0, 0.05) is 0 Å². The molecule has 25 heavy (non-hydrogen) atoms. The second-order valence-electron chi connectivity index (χ2n) is 9.48. The Morgan fingerprint density at radius 2 is 1.92 bits per heavy atom. The van der Waals surface area contributed by atoms with Crippen LogP contribution in [-0.2, 0) is 6.42 Å². The van der Waals surface area contributed by atoms with Crippen molar-refractivity contribution >= 4 is 0 Å². The number of ether oxygens (including phenoxy) is 1. The summed E-state index contributed by atoms with van der Waals surface area (Å²) in [6.07, 6.45) is 7.29. The summed E-state index contributed by atoms with van der Waals surface area (Å²) in [5.41, 5.74) is 3.26. The van der Waals surface area contributed by atoms with Crippen molar-refractivity contribution in [2.45, 2.75) is 84.3 Å². The average molecular weight is 343 g/mol. The molecule has 0 amide bonds. The first-order valence-electron chi connectivity index (χ1n) is 10.4. The van der Waals surface area contributed by atoms with Gasteiger partial charge in [0.2, 0.25) is 0 Å². The first-order chi connectivity index (χ1) is 11.9. The molecule has 1 aromatic rings. The number of benzene rings is 1. The van der Waals surface area contributed by atoms with Gasteiger partial charge >= 0.3 is 0 Å². The number of hydrogen-bond acceptors (Lipinski definition) is 2. The summed E-state index contributed by atoms with van der Waals surface area (Å²) in [6, 6.07) is 6.85. The zero-order valence-electron chi connectivity index (χ0n) is 16.3. The first-order valence-corrected chi connectivity index (χ1v) is 10.4. The van der Waals surface area contributed by atoms with Crippen molar-refractivity contribution in [3.8, 4) is 5.75 Å². The molecular formula is C23H34O2. The van der Waals surface area contributed by atoms with Gasteiger partial charge < -0.3 is 9.84 Å². The van der Waals surface area contributed by atoms with Crippen molar-refractivity contribution in [3.63, 3.8) is 0 Å². The van der Waals surface area contributed by atoms with Crippen molar-refractivity contribution in [3.05, 3.63) is 29.3 Å². The highest BCUT2D eigenvalue weighted by Crippen LogP contribution is 2.60. The van der Waals surface area contributed by atoms with E-state index in [0.29, 0.717) is 17.8 Å². The van der Waals surface area contributed by atoms with Gasteiger partial charge in [-0.3, -0.25) is 0 Å². The quantitative estimate of drug-likeness (QED) is 0.805. The van der Waals surface area contributed by atoms with E-state index in [1.807, 2.05) is 0 Å². The Kier molecular flexibility index (Phi) is 4.38.